The lowest BCUT2D eigenvalue weighted by Gasteiger charge is -2.31. The molecule has 0 saturated heterocycles. The van der Waals surface area contributed by atoms with Crippen molar-refractivity contribution in [2.24, 2.45) is 0 Å². The molecular formula is C43H33N2O2P2+. The predicted molar refractivity (Wildman–Crippen MR) is 212 cm³/mol. The molecule has 0 aromatic heterocycles. The summed E-state index contributed by atoms with van der Waals surface area (Å²) < 4.78 is 31.3. The van der Waals surface area contributed by atoms with Crippen molar-refractivity contribution < 1.29 is 9.13 Å². The first-order chi connectivity index (χ1) is 23.8. The Morgan fingerprint density at radius 2 is 0.959 bits per heavy atom. The third kappa shape index (κ3) is 4.56. The molecule has 9 rings (SSSR count). The SMILES string of the molecule is CN1c2cc3ccccc3cc2[P+](=O)c2ccc3ccccc3c2N(C)c2c(ccc3ccccc23)P(C)(=O)c2cc3ccccc3cc21. The van der Waals surface area contributed by atoms with Crippen LogP contribution in [-0.2, 0) is 9.13 Å². The van der Waals surface area contributed by atoms with Crippen molar-refractivity contribution in [1.82, 2.24) is 0 Å². The minimum Gasteiger partial charge on any atom is -0.340 e. The molecule has 2 atom stereocenters. The average molecular weight is 672 g/mol. The Morgan fingerprint density at radius 3 is 1.59 bits per heavy atom. The number of rotatable bonds is 0. The molecule has 6 heteroatoms. The van der Waals surface area contributed by atoms with Crippen LogP contribution in [-0.4, -0.2) is 20.8 Å². The Hall–Kier alpha value is -5.27. The summed E-state index contributed by atoms with van der Waals surface area (Å²) >= 11 is 0. The summed E-state index contributed by atoms with van der Waals surface area (Å²) in [6.07, 6.45) is 0. The molecule has 0 spiro atoms. The molecule has 1 aliphatic heterocycles. The largest absolute Gasteiger partial charge is 0.419 e. The highest BCUT2D eigenvalue weighted by Gasteiger charge is 2.39. The van der Waals surface area contributed by atoms with Gasteiger partial charge in [0, 0.05) is 41.5 Å². The molecule has 0 N–H and O–H groups in total. The van der Waals surface area contributed by atoms with Gasteiger partial charge in [0.2, 0.25) is 10.6 Å². The van der Waals surface area contributed by atoms with Gasteiger partial charge in [-0.25, -0.2) is 0 Å². The van der Waals surface area contributed by atoms with Gasteiger partial charge in [-0.15, -0.1) is 0 Å². The fourth-order valence-electron chi connectivity index (χ4n) is 7.68. The van der Waals surface area contributed by atoms with E-state index in [0.717, 1.165) is 87.1 Å². The van der Waals surface area contributed by atoms with Gasteiger partial charge in [0.05, 0.1) is 17.1 Å². The number of hydrogen-bond acceptors (Lipinski definition) is 4. The highest BCUT2D eigenvalue weighted by atomic mass is 31.2. The van der Waals surface area contributed by atoms with Crippen LogP contribution >= 0.6 is 14.9 Å². The Kier molecular flexibility index (Phi) is 6.78. The lowest BCUT2D eigenvalue weighted by atomic mass is 10.0. The fraction of sp³-hybridized carbons (Fsp3) is 0.0698. The van der Waals surface area contributed by atoms with Crippen LogP contribution < -0.4 is 31.0 Å². The zero-order valence-corrected chi connectivity index (χ0v) is 29.3. The second-order valence-corrected chi connectivity index (χ2v) is 17.4. The van der Waals surface area contributed by atoms with Gasteiger partial charge >= 0.3 is 7.80 Å². The van der Waals surface area contributed by atoms with Crippen LogP contribution in [0.3, 0.4) is 0 Å². The van der Waals surface area contributed by atoms with Crippen molar-refractivity contribution in [2.45, 2.75) is 0 Å². The Bertz CT molecular complexity index is 2740. The molecule has 2 unspecified atom stereocenters. The van der Waals surface area contributed by atoms with E-state index in [1.54, 1.807) is 0 Å². The highest BCUT2D eigenvalue weighted by Crippen LogP contribution is 2.50. The lowest BCUT2D eigenvalue weighted by molar-refractivity contribution is 0.590. The van der Waals surface area contributed by atoms with Crippen molar-refractivity contribution >= 4 is 102 Å². The molecule has 4 nitrogen and oxygen atoms in total. The smallest absolute Gasteiger partial charge is 0.340 e. The standard InChI is InChI=1S/C43H33N2O2P2/c1-44-36-24-30-14-4-6-16-32(30)26-39(36)48(46)38-22-20-28-12-8-10-18-34(28)42(38)45(2)43-35-19-11-9-13-29(35)21-23-40(43)49(3,47)41-27-33-17-7-5-15-31(33)25-37(41)44/h4-27H,1-3H3/q+1. The second-order valence-electron chi connectivity index (χ2n) is 13.0. The molecule has 1 heterocycles. The Balaban J connectivity index is 1.49. The van der Waals surface area contributed by atoms with Gasteiger partial charge in [-0.3, -0.25) is 0 Å². The van der Waals surface area contributed by atoms with Crippen LogP contribution in [0.5, 0.6) is 0 Å². The van der Waals surface area contributed by atoms with Crippen LogP contribution in [0.25, 0.3) is 43.1 Å². The second kappa shape index (κ2) is 11.1. The average Bonchev–Trinajstić information content (AvgIpc) is 3.14. The van der Waals surface area contributed by atoms with Crippen LogP contribution in [0.1, 0.15) is 0 Å². The summed E-state index contributed by atoms with van der Waals surface area (Å²) in [7, 11) is -1.34. The van der Waals surface area contributed by atoms with E-state index in [1.807, 2.05) is 81.4 Å². The number of hydrogen-bond donors (Lipinski definition) is 0. The minimum atomic E-state index is -3.31. The quantitative estimate of drug-likeness (QED) is 0.151. The first-order valence-electron chi connectivity index (χ1n) is 16.4. The van der Waals surface area contributed by atoms with Gasteiger partial charge in [0.1, 0.15) is 12.8 Å². The van der Waals surface area contributed by atoms with E-state index < -0.39 is 14.9 Å². The van der Waals surface area contributed by atoms with E-state index >= 15 is 9.13 Å². The predicted octanol–water partition coefficient (Wildman–Crippen LogP) is 9.87. The topological polar surface area (TPSA) is 40.6 Å². The Labute approximate surface area is 286 Å². The fourth-order valence-corrected chi connectivity index (χ4v) is 11.6. The molecule has 0 aliphatic carbocycles. The third-order valence-electron chi connectivity index (χ3n) is 10.2. The maximum atomic E-state index is 15.9. The van der Waals surface area contributed by atoms with Crippen molar-refractivity contribution in [2.75, 3.05) is 30.6 Å². The van der Waals surface area contributed by atoms with Crippen molar-refractivity contribution in [3.8, 4) is 0 Å². The summed E-state index contributed by atoms with van der Waals surface area (Å²) in [6, 6.07) is 49.7. The van der Waals surface area contributed by atoms with Crippen LogP contribution in [0.2, 0.25) is 0 Å². The monoisotopic (exact) mass is 671 g/mol. The number of anilines is 4. The highest BCUT2D eigenvalue weighted by molar-refractivity contribution is 7.78. The van der Waals surface area contributed by atoms with Crippen molar-refractivity contribution in [3.63, 3.8) is 0 Å². The maximum absolute atomic E-state index is 15.9. The first kappa shape index (κ1) is 29.8. The van der Waals surface area contributed by atoms with Gasteiger partial charge in [-0.1, -0.05) is 108 Å². The third-order valence-corrected chi connectivity index (χ3v) is 14.3. The van der Waals surface area contributed by atoms with Gasteiger partial charge < -0.3 is 14.4 Å². The van der Waals surface area contributed by atoms with Crippen LogP contribution in [0.4, 0.5) is 22.7 Å². The van der Waals surface area contributed by atoms with E-state index in [9.17, 15) is 0 Å². The number of nitrogens with zero attached hydrogens (tertiary/aromatic N) is 2. The van der Waals surface area contributed by atoms with E-state index in [0.29, 0.717) is 0 Å². The van der Waals surface area contributed by atoms with E-state index in [2.05, 4.69) is 94.7 Å². The zero-order chi connectivity index (χ0) is 33.4. The molecule has 0 fully saturated rings. The summed E-state index contributed by atoms with van der Waals surface area (Å²) in [5.41, 5.74) is 3.40. The number of benzene rings is 8. The molecule has 0 radical (unpaired) electrons. The van der Waals surface area contributed by atoms with Crippen LogP contribution in [0.15, 0.2) is 146 Å². The normalized spacial score (nSPS) is 16.9. The van der Waals surface area contributed by atoms with Gasteiger partial charge in [-0.05, 0) is 75.4 Å². The summed E-state index contributed by atoms with van der Waals surface area (Å²) in [6.45, 7) is 1.91. The molecule has 8 aromatic carbocycles. The van der Waals surface area contributed by atoms with Crippen molar-refractivity contribution in [3.05, 3.63) is 146 Å². The molecule has 0 saturated carbocycles. The summed E-state index contributed by atoms with van der Waals surface area (Å²) in [5, 5.41) is 11.3. The molecule has 0 amide bonds. The van der Waals surface area contributed by atoms with E-state index in [-0.39, 0.29) is 0 Å². The van der Waals surface area contributed by atoms with Gasteiger partial charge in [0.25, 0.3) is 0 Å². The first-order valence-corrected chi connectivity index (χ1v) is 19.8. The summed E-state index contributed by atoms with van der Waals surface area (Å²) in [5.74, 6) is 0. The Morgan fingerprint density at radius 1 is 0.469 bits per heavy atom. The molecule has 1 aliphatic rings. The molecule has 236 valence electrons. The van der Waals surface area contributed by atoms with Crippen molar-refractivity contribution in [1.29, 1.82) is 0 Å². The molecule has 8 aromatic rings. The minimum absolute atomic E-state index is 0.741. The van der Waals surface area contributed by atoms with E-state index in [4.69, 9.17) is 0 Å². The molecule has 0 bridgehead atoms. The molecule has 49 heavy (non-hydrogen) atoms. The lowest BCUT2D eigenvalue weighted by Crippen LogP contribution is -2.31. The van der Waals surface area contributed by atoms with Crippen LogP contribution in [0, 0.1) is 0 Å². The van der Waals surface area contributed by atoms with E-state index in [1.165, 1.54) is 0 Å². The van der Waals surface area contributed by atoms with Gasteiger partial charge in [-0.2, -0.15) is 0 Å². The zero-order valence-electron chi connectivity index (χ0n) is 27.5. The molecular weight excluding hydrogens is 638 g/mol. The van der Waals surface area contributed by atoms with Gasteiger partial charge in [0.15, 0.2) is 0 Å². The maximum Gasteiger partial charge on any atom is 0.419 e. The summed E-state index contributed by atoms with van der Waals surface area (Å²) in [4.78, 5) is 4.27. The number of fused-ring (bicyclic) bond motifs is 10.